The van der Waals surface area contributed by atoms with Gasteiger partial charge in [0.25, 0.3) is 5.56 Å². The molecule has 1 aromatic carbocycles. The predicted molar refractivity (Wildman–Crippen MR) is 63.9 cm³/mol. The van der Waals surface area contributed by atoms with Crippen molar-refractivity contribution in [3.8, 4) is 0 Å². The standard InChI is InChI=1S/C12H9BrFNO/c13-12-9(4-3-5-10(12)14)8-15-7-2-1-6-11(15)16/h1-7H,8H2. The van der Waals surface area contributed by atoms with Gasteiger partial charge in [0, 0.05) is 12.3 Å². The molecule has 2 aromatic rings. The minimum atomic E-state index is -0.318. The Bertz CT molecular complexity index is 565. The maximum Gasteiger partial charge on any atom is 0.250 e. The summed E-state index contributed by atoms with van der Waals surface area (Å²) in [7, 11) is 0. The first-order valence-electron chi connectivity index (χ1n) is 4.77. The normalized spacial score (nSPS) is 10.4. The highest BCUT2D eigenvalue weighted by molar-refractivity contribution is 9.10. The summed E-state index contributed by atoms with van der Waals surface area (Å²) in [5.41, 5.74) is 0.645. The molecule has 1 aromatic heterocycles. The Morgan fingerprint density at radius 2 is 2.00 bits per heavy atom. The highest BCUT2D eigenvalue weighted by Crippen LogP contribution is 2.20. The van der Waals surface area contributed by atoms with E-state index in [-0.39, 0.29) is 11.4 Å². The number of nitrogens with zero attached hydrogens (tertiary/aromatic N) is 1. The van der Waals surface area contributed by atoms with Crippen LogP contribution in [0.5, 0.6) is 0 Å². The number of hydrogen-bond donors (Lipinski definition) is 0. The second kappa shape index (κ2) is 4.61. The molecule has 0 spiro atoms. The maximum atomic E-state index is 13.2. The summed E-state index contributed by atoms with van der Waals surface area (Å²) in [6.07, 6.45) is 1.68. The lowest BCUT2D eigenvalue weighted by Crippen LogP contribution is -2.18. The summed E-state index contributed by atoms with van der Waals surface area (Å²) in [6.45, 7) is 0.359. The average molecular weight is 282 g/mol. The van der Waals surface area contributed by atoms with Crippen LogP contribution < -0.4 is 5.56 Å². The molecule has 4 heteroatoms. The van der Waals surface area contributed by atoms with Crippen molar-refractivity contribution < 1.29 is 4.39 Å². The molecule has 0 aliphatic carbocycles. The summed E-state index contributed by atoms with van der Waals surface area (Å²) in [5.74, 6) is -0.318. The third-order valence-electron chi connectivity index (χ3n) is 2.27. The number of halogens is 2. The molecule has 0 aliphatic rings. The summed E-state index contributed by atoms with van der Waals surface area (Å²) in [5, 5.41) is 0. The monoisotopic (exact) mass is 281 g/mol. The van der Waals surface area contributed by atoms with E-state index in [0.717, 1.165) is 5.56 Å². The lowest BCUT2D eigenvalue weighted by Gasteiger charge is -2.07. The fourth-order valence-electron chi connectivity index (χ4n) is 1.45. The van der Waals surface area contributed by atoms with Crippen molar-refractivity contribution in [1.29, 1.82) is 0 Å². The minimum absolute atomic E-state index is 0.0985. The highest BCUT2D eigenvalue weighted by atomic mass is 79.9. The van der Waals surface area contributed by atoms with Crippen molar-refractivity contribution >= 4 is 15.9 Å². The molecule has 0 atom stereocenters. The van der Waals surface area contributed by atoms with Gasteiger partial charge in [-0.25, -0.2) is 4.39 Å². The number of pyridine rings is 1. The van der Waals surface area contributed by atoms with Crippen LogP contribution in [0, 0.1) is 5.82 Å². The first-order chi connectivity index (χ1) is 7.68. The number of rotatable bonds is 2. The van der Waals surface area contributed by atoms with Gasteiger partial charge in [-0.05, 0) is 33.6 Å². The van der Waals surface area contributed by atoms with Gasteiger partial charge in [-0.3, -0.25) is 4.79 Å². The zero-order chi connectivity index (χ0) is 11.5. The van der Waals surface area contributed by atoms with Gasteiger partial charge in [0.1, 0.15) is 5.82 Å². The Labute approximate surface area is 100 Å². The zero-order valence-corrected chi connectivity index (χ0v) is 9.95. The van der Waals surface area contributed by atoms with Crippen LogP contribution in [0.15, 0.2) is 51.9 Å². The van der Waals surface area contributed by atoms with E-state index in [2.05, 4.69) is 15.9 Å². The Morgan fingerprint density at radius 1 is 1.19 bits per heavy atom. The largest absolute Gasteiger partial charge is 0.311 e. The SMILES string of the molecule is O=c1ccccn1Cc1cccc(F)c1Br. The van der Waals surface area contributed by atoms with Crippen molar-refractivity contribution in [2.45, 2.75) is 6.54 Å². The van der Waals surface area contributed by atoms with Gasteiger partial charge in [-0.2, -0.15) is 0 Å². The molecule has 82 valence electrons. The Hall–Kier alpha value is -1.42. The average Bonchev–Trinajstić information content (AvgIpc) is 2.28. The van der Waals surface area contributed by atoms with Crippen molar-refractivity contribution in [2.24, 2.45) is 0 Å². The Balaban J connectivity index is 2.38. The molecule has 0 bridgehead atoms. The van der Waals surface area contributed by atoms with Gasteiger partial charge in [-0.15, -0.1) is 0 Å². The molecule has 0 saturated carbocycles. The number of aromatic nitrogens is 1. The van der Waals surface area contributed by atoms with Gasteiger partial charge in [0.05, 0.1) is 11.0 Å². The molecule has 0 amide bonds. The van der Waals surface area contributed by atoms with Gasteiger partial charge >= 0.3 is 0 Å². The number of hydrogen-bond acceptors (Lipinski definition) is 1. The van der Waals surface area contributed by atoms with Gasteiger partial charge in [-0.1, -0.05) is 18.2 Å². The molecule has 0 N–H and O–H groups in total. The van der Waals surface area contributed by atoms with E-state index in [0.29, 0.717) is 11.0 Å². The second-order valence-corrected chi connectivity index (χ2v) is 4.17. The molecule has 2 nitrogen and oxygen atoms in total. The molecule has 0 aliphatic heterocycles. The molecule has 0 saturated heterocycles. The lowest BCUT2D eigenvalue weighted by molar-refractivity contribution is 0.615. The van der Waals surface area contributed by atoms with Crippen molar-refractivity contribution in [3.63, 3.8) is 0 Å². The summed E-state index contributed by atoms with van der Waals surface area (Å²) in [4.78, 5) is 11.5. The van der Waals surface area contributed by atoms with E-state index >= 15 is 0 Å². The van der Waals surface area contributed by atoms with Gasteiger partial charge in [0.15, 0.2) is 0 Å². The van der Waals surface area contributed by atoms with Crippen LogP contribution in [0.2, 0.25) is 0 Å². The molecular formula is C12H9BrFNO. The first-order valence-corrected chi connectivity index (χ1v) is 5.56. The summed E-state index contributed by atoms with van der Waals surface area (Å²) in [6, 6.07) is 9.72. The smallest absolute Gasteiger partial charge is 0.250 e. The molecule has 1 heterocycles. The second-order valence-electron chi connectivity index (χ2n) is 3.38. The van der Waals surface area contributed by atoms with Crippen LogP contribution in [-0.2, 0) is 6.54 Å². The van der Waals surface area contributed by atoms with E-state index in [1.54, 1.807) is 30.5 Å². The number of benzene rings is 1. The van der Waals surface area contributed by atoms with Gasteiger partial charge in [0.2, 0.25) is 0 Å². The Kier molecular flexibility index (Phi) is 3.19. The van der Waals surface area contributed by atoms with E-state index < -0.39 is 0 Å². The van der Waals surface area contributed by atoms with Crippen LogP contribution in [0.3, 0.4) is 0 Å². The van der Waals surface area contributed by atoms with Crippen molar-refractivity contribution in [2.75, 3.05) is 0 Å². The maximum absolute atomic E-state index is 13.2. The molecule has 16 heavy (non-hydrogen) atoms. The van der Waals surface area contributed by atoms with E-state index in [4.69, 9.17) is 0 Å². The zero-order valence-electron chi connectivity index (χ0n) is 8.36. The molecule has 0 radical (unpaired) electrons. The molecule has 0 fully saturated rings. The fourth-order valence-corrected chi connectivity index (χ4v) is 1.84. The van der Waals surface area contributed by atoms with Crippen molar-refractivity contribution in [1.82, 2.24) is 4.57 Å². The van der Waals surface area contributed by atoms with Crippen LogP contribution in [0.1, 0.15) is 5.56 Å². The van der Waals surface area contributed by atoms with E-state index in [9.17, 15) is 9.18 Å². The third kappa shape index (κ3) is 2.22. The van der Waals surface area contributed by atoms with Crippen LogP contribution in [0.4, 0.5) is 4.39 Å². The van der Waals surface area contributed by atoms with Crippen LogP contribution in [-0.4, -0.2) is 4.57 Å². The van der Waals surface area contributed by atoms with Gasteiger partial charge < -0.3 is 4.57 Å². The molecule has 0 unspecified atom stereocenters. The molecular weight excluding hydrogens is 273 g/mol. The van der Waals surface area contributed by atoms with E-state index in [1.165, 1.54) is 16.7 Å². The summed E-state index contributed by atoms with van der Waals surface area (Å²) >= 11 is 3.17. The fraction of sp³-hybridized carbons (Fsp3) is 0.0833. The lowest BCUT2D eigenvalue weighted by atomic mass is 10.2. The Morgan fingerprint density at radius 3 is 2.75 bits per heavy atom. The topological polar surface area (TPSA) is 22.0 Å². The van der Waals surface area contributed by atoms with Crippen LogP contribution >= 0.6 is 15.9 Å². The quantitative estimate of drug-likeness (QED) is 0.830. The predicted octanol–water partition coefficient (Wildman–Crippen LogP) is 2.80. The highest BCUT2D eigenvalue weighted by Gasteiger charge is 2.05. The van der Waals surface area contributed by atoms with Crippen LogP contribution in [0.25, 0.3) is 0 Å². The first kappa shape index (κ1) is 11.1. The van der Waals surface area contributed by atoms with Crippen molar-refractivity contribution in [3.05, 3.63) is 68.8 Å². The van der Waals surface area contributed by atoms with E-state index in [1.807, 2.05) is 0 Å². The third-order valence-corrected chi connectivity index (χ3v) is 3.16. The molecule has 2 rings (SSSR count). The minimum Gasteiger partial charge on any atom is -0.311 e. The summed E-state index contributed by atoms with van der Waals surface area (Å²) < 4.78 is 15.2.